The number of nitrogens with one attached hydrogen (secondary N) is 1. The number of benzene rings is 2. The maximum absolute atomic E-state index is 12.2. The Morgan fingerprint density at radius 3 is 2.20 bits per heavy atom. The van der Waals surface area contributed by atoms with E-state index in [-0.39, 0.29) is 11.9 Å². The molecule has 2 rings (SSSR count). The zero-order valence-corrected chi connectivity index (χ0v) is 12.8. The standard InChI is InChI=1S/C17H19NOS/c1-12-4-6-14(7-5-12)13(2)18-17(19)15-8-10-16(20-3)11-9-15/h4-11,13H,1-3H3,(H,18,19). The highest BCUT2D eigenvalue weighted by atomic mass is 32.2. The molecule has 2 aromatic rings. The fourth-order valence-corrected chi connectivity index (χ4v) is 2.37. The van der Waals surface area contributed by atoms with Crippen LogP contribution in [0.3, 0.4) is 0 Å². The van der Waals surface area contributed by atoms with Crippen molar-refractivity contribution in [1.29, 1.82) is 0 Å². The second-order valence-corrected chi connectivity index (χ2v) is 5.71. The third kappa shape index (κ3) is 3.64. The molecule has 0 radical (unpaired) electrons. The smallest absolute Gasteiger partial charge is 0.251 e. The minimum absolute atomic E-state index is 0.00308. The molecule has 0 bridgehead atoms. The Morgan fingerprint density at radius 1 is 1.05 bits per heavy atom. The summed E-state index contributed by atoms with van der Waals surface area (Å²) < 4.78 is 0. The van der Waals surface area contributed by atoms with Crippen LogP contribution in [0.15, 0.2) is 53.4 Å². The van der Waals surface area contributed by atoms with Crippen LogP contribution in [0.25, 0.3) is 0 Å². The molecule has 0 aliphatic heterocycles. The van der Waals surface area contributed by atoms with Crippen LogP contribution in [0.1, 0.15) is 34.5 Å². The van der Waals surface area contributed by atoms with Gasteiger partial charge in [0.25, 0.3) is 5.91 Å². The van der Waals surface area contributed by atoms with Crippen LogP contribution in [0.5, 0.6) is 0 Å². The number of aryl methyl sites for hydroxylation is 1. The summed E-state index contributed by atoms with van der Waals surface area (Å²) >= 11 is 1.67. The van der Waals surface area contributed by atoms with E-state index in [1.165, 1.54) is 5.56 Å². The van der Waals surface area contributed by atoms with Gasteiger partial charge in [0.15, 0.2) is 0 Å². The molecule has 0 aromatic heterocycles. The van der Waals surface area contributed by atoms with Gasteiger partial charge in [0.2, 0.25) is 0 Å². The first-order valence-electron chi connectivity index (χ1n) is 6.61. The van der Waals surface area contributed by atoms with Crippen LogP contribution in [0.2, 0.25) is 0 Å². The molecular weight excluding hydrogens is 266 g/mol. The van der Waals surface area contributed by atoms with Gasteiger partial charge in [-0.2, -0.15) is 0 Å². The van der Waals surface area contributed by atoms with Crippen LogP contribution < -0.4 is 5.32 Å². The summed E-state index contributed by atoms with van der Waals surface area (Å²) in [5.41, 5.74) is 3.03. The van der Waals surface area contributed by atoms with Gasteiger partial charge in [-0.05, 0) is 49.9 Å². The summed E-state index contributed by atoms with van der Waals surface area (Å²) in [6, 6.07) is 15.9. The van der Waals surface area contributed by atoms with E-state index in [0.717, 1.165) is 10.5 Å². The van der Waals surface area contributed by atoms with Crippen molar-refractivity contribution < 1.29 is 4.79 Å². The molecule has 1 atom stereocenters. The highest BCUT2D eigenvalue weighted by Crippen LogP contribution is 2.17. The molecule has 0 saturated carbocycles. The van der Waals surface area contributed by atoms with Gasteiger partial charge in [-0.3, -0.25) is 4.79 Å². The molecule has 2 nitrogen and oxygen atoms in total. The van der Waals surface area contributed by atoms with Crippen molar-refractivity contribution in [3.05, 3.63) is 65.2 Å². The molecule has 0 aliphatic carbocycles. The summed E-state index contributed by atoms with van der Waals surface area (Å²) in [5.74, 6) is -0.0364. The van der Waals surface area contributed by atoms with Crippen LogP contribution in [0.4, 0.5) is 0 Å². The Bertz CT molecular complexity index is 575. The molecule has 1 N–H and O–H groups in total. The molecule has 2 aromatic carbocycles. The monoisotopic (exact) mass is 285 g/mol. The van der Waals surface area contributed by atoms with Crippen molar-refractivity contribution >= 4 is 17.7 Å². The first-order valence-corrected chi connectivity index (χ1v) is 7.84. The molecule has 104 valence electrons. The Balaban J connectivity index is 2.04. The molecule has 20 heavy (non-hydrogen) atoms. The first kappa shape index (κ1) is 14.7. The highest BCUT2D eigenvalue weighted by Gasteiger charge is 2.11. The number of amides is 1. The minimum Gasteiger partial charge on any atom is -0.346 e. The maximum atomic E-state index is 12.2. The van der Waals surface area contributed by atoms with Gasteiger partial charge >= 0.3 is 0 Å². The van der Waals surface area contributed by atoms with E-state index in [1.54, 1.807) is 11.8 Å². The lowest BCUT2D eigenvalue weighted by Crippen LogP contribution is -2.26. The van der Waals surface area contributed by atoms with E-state index in [2.05, 4.69) is 36.5 Å². The molecule has 1 unspecified atom stereocenters. The highest BCUT2D eigenvalue weighted by molar-refractivity contribution is 7.98. The third-order valence-corrected chi connectivity index (χ3v) is 4.02. The topological polar surface area (TPSA) is 29.1 Å². The quantitative estimate of drug-likeness (QED) is 0.853. The average Bonchev–Trinajstić information content (AvgIpc) is 2.48. The fourth-order valence-electron chi connectivity index (χ4n) is 1.96. The first-order chi connectivity index (χ1) is 9.60. The minimum atomic E-state index is -0.0364. The van der Waals surface area contributed by atoms with Crippen LogP contribution >= 0.6 is 11.8 Å². The number of carbonyl (C=O) groups excluding carboxylic acids is 1. The third-order valence-electron chi connectivity index (χ3n) is 3.28. The average molecular weight is 285 g/mol. The number of thioether (sulfide) groups is 1. The van der Waals surface area contributed by atoms with Gasteiger partial charge in [0.1, 0.15) is 0 Å². The number of hydrogen-bond donors (Lipinski definition) is 1. The summed E-state index contributed by atoms with van der Waals surface area (Å²) in [6.07, 6.45) is 2.02. The van der Waals surface area contributed by atoms with E-state index < -0.39 is 0 Å². The van der Waals surface area contributed by atoms with Crippen molar-refractivity contribution in [2.45, 2.75) is 24.8 Å². The van der Waals surface area contributed by atoms with Crippen molar-refractivity contribution in [3.63, 3.8) is 0 Å². The zero-order valence-electron chi connectivity index (χ0n) is 12.0. The molecule has 0 saturated heterocycles. The van der Waals surface area contributed by atoms with Gasteiger partial charge < -0.3 is 5.32 Å². The van der Waals surface area contributed by atoms with Crippen molar-refractivity contribution in [3.8, 4) is 0 Å². The van der Waals surface area contributed by atoms with Crippen LogP contribution in [0, 0.1) is 6.92 Å². The SMILES string of the molecule is CSc1ccc(C(=O)NC(C)c2ccc(C)cc2)cc1. The lowest BCUT2D eigenvalue weighted by Gasteiger charge is -2.14. The number of rotatable bonds is 4. The Kier molecular flexibility index (Phi) is 4.85. The van der Waals surface area contributed by atoms with E-state index in [1.807, 2.05) is 37.4 Å². The van der Waals surface area contributed by atoms with Crippen molar-refractivity contribution in [2.24, 2.45) is 0 Å². The molecule has 1 amide bonds. The molecule has 0 heterocycles. The Morgan fingerprint density at radius 2 is 1.65 bits per heavy atom. The van der Waals surface area contributed by atoms with Gasteiger partial charge in [-0.15, -0.1) is 11.8 Å². The summed E-state index contributed by atoms with van der Waals surface area (Å²) in [7, 11) is 0. The predicted octanol–water partition coefficient (Wildman–Crippen LogP) is 4.21. The second-order valence-electron chi connectivity index (χ2n) is 4.83. The van der Waals surface area contributed by atoms with Crippen LogP contribution in [-0.2, 0) is 0 Å². The Labute approximate surface area is 124 Å². The van der Waals surface area contributed by atoms with Gasteiger partial charge in [-0.1, -0.05) is 29.8 Å². The lowest BCUT2D eigenvalue weighted by atomic mass is 10.1. The van der Waals surface area contributed by atoms with Crippen LogP contribution in [-0.4, -0.2) is 12.2 Å². The van der Waals surface area contributed by atoms with Gasteiger partial charge in [0, 0.05) is 10.5 Å². The van der Waals surface area contributed by atoms with E-state index in [0.29, 0.717) is 5.56 Å². The summed E-state index contributed by atoms with van der Waals surface area (Å²) in [4.78, 5) is 13.3. The molecule has 0 fully saturated rings. The molecule has 3 heteroatoms. The summed E-state index contributed by atoms with van der Waals surface area (Å²) in [6.45, 7) is 4.05. The maximum Gasteiger partial charge on any atom is 0.251 e. The van der Waals surface area contributed by atoms with E-state index >= 15 is 0 Å². The summed E-state index contributed by atoms with van der Waals surface area (Å²) in [5, 5.41) is 3.02. The van der Waals surface area contributed by atoms with E-state index in [4.69, 9.17) is 0 Å². The predicted molar refractivity (Wildman–Crippen MR) is 85.3 cm³/mol. The van der Waals surface area contributed by atoms with Crippen molar-refractivity contribution in [1.82, 2.24) is 5.32 Å². The van der Waals surface area contributed by atoms with Gasteiger partial charge in [-0.25, -0.2) is 0 Å². The molecule has 0 spiro atoms. The van der Waals surface area contributed by atoms with Crippen molar-refractivity contribution in [2.75, 3.05) is 6.26 Å². The largest absolute Gasteiger partial charge is 0.346 e. The van der Waals surface area contributed by atoms with E-state index in [9.17, 15) is 4.79 Å². The molecule has 0 aliphatic rings. The van der Waals surface area contributed by atoms with Gasteiger partial charge in [0.05, 0.1) is 6.04 Å². The Hall–Kier alpha value is -1.74. The second kappa shape index (κ2) is 6.62. The molecular formula is C17H19NOS. The lowest BCUT2D eigenvalue weighted by molar-refractivity contribution is 0.0940. The zero-order chi connectivity index (χ0) is 14.5. The number of carbonyl (C=O) groups is 1. The fraction of sp³-hybridized carbons (Fsp3) is 0.235. The normalized spacial score (nSPS) is 11.9. The number of hydrogen-bond acceptors (Lipinski definition) is 2.